The van der Waals surface area contributed by atoms with E-state index < -0.39 is 28.0 Å². The molecule has 2 heterocycles. The van der Waals surface area contributed by atoms with Crippen molar-refractivity contribution in [3.63, 3.8) is 0 Å². The number of aliphatic carboxylic acids is 1. The van der Waals surface area contributed by atoms with Gasteiger partial charge in [0.1, 0.15) is 0 Å². The highest BCUT2D eigenvalue weighted by Gasteiger charge is 2.42. The average molecular weight is 273 g/mol. The van der Waals surface area contributed by atoms with E-state index in [0.29, 0.717) is 6.42 Å². The van der Waals surface area contributed by atoms with Crippen LogP contribution in [0.25, 0.3) is 0 Å². The zero-order valence-electron chi connectivity index (χ0n) is 10.1. The van der Waals surface area contributed by atoms with Crippen LogP contribution >= 0.6 is 0 Å². The van der Waals surface area contributed by atoms with E-state index in [1.165, 1.54) is 16.8 Å². The summed E-state index contributed by atoms with van der Waals surface area (Å²) in [7, 11) is -2.02. The van der Waals surface area contributed by atoms with E-state index >= 15 is 0 Å². The zero-order chi connectivity index (χ0) is 13.5. The molecule has 0 saturated carbocycles. The summed E-state index contributed by atoms with van der Waals surface area (Å²) in [6.45, 7) is 1.84. The number of imidazole rings is 1. The number of hydrogen-bond donors (Lipinski definition) is 1. The van der Waals surface area contributed by atoms with Gasteiger partial charge in [-0.25, -0.2) is 13.4 Å². The van der Waals surface area contributed by atoms with Crippen molar-refractivity contribution in [3.05, 3.63) is 12.5 Å². The maximum Gasteiger partial charge on any atom is 0.308 e. The fraction of sp³-hybridized carbons (Fsp3) is 0.600. The lowest BCUT2D eigenvalue weighted by atomic mass is 10.0. The van der Waals surface area contributed by atoms with E-state index in [2.05, 4.69) is 4.98 Å². The first-order chi connectivity index (χ1) is 8.34. The molecule has 0 radical (unpaired) electrons. The lowest BCUT2D eigenvalue weighted by Crippen LogP contribution is -2.37. The summed E-state index contributed by atoms with van der Waals surface area (Å²) in [4.78, 5) is 14.8. The first-order valence-electron chi connectivity index (χ1n) is 5.56. The summed E-state index contributed by atoms with van der Waals surface area (Å²) >= 11 is 0. The van der Waals surface area contributed by atoms with Gasteiger partial charge < -0.3 is 9.67 Å². The Balaban J connectivity index is 2.30. The molecule has 1 aromatic rings. The molecule has 100 valence electrons. The van der Waals surface area contributed by atoms with Crippen LogP contribution in [0.1, 0.15) is 13.3 Å². The third-order valence-corrected chi connectivity index (χ3v) is 5.14. The maximum absolute atomic E-state index is 12.3. The van der Waals surface area contributed by atoms with Gasteiger partial charge in [-0.3, -0.25) is 4.79 Å². The van der Waals surface area contributed by atoms with Crippen molar-refractivity contribution < 1.29 is 18.3 Å². The zero-order valence-corrected chi connectivity index (χ0v) is 11.0. The van der Waals surface area contributed by atoms with Crippen molar-refractivity contribution >= 4 is 16.0 Å². The number of hydrogen-bond acceptors (Lipinski definition) is 4. The number of carboxylic acid groups (broad SMARTS) is 1. The molecule has 18 heavy (non-hydrogen) atoms. The van der Waals surface area contributed by atoms with Crippen LogP contribution in [-0.4, -0.2) is 45.9 Å². The summed E-state index contributed by atoms with van der Waals surface area (Å²) in [6, 6.07) is -0.547. The van der Waals surface area contributed by atoms with Crippen molar-refractivity contribution in [1.29, 1.82) is 0 Å². The van der Waals surface area contributed by atoms with Gasteiger partial charge in [0, 0.05) is 25.8 Å². The Hall–Kier alpha value is -1.41. The molecule has 1 N–H and O–H groups in total. The van der Waals surface area contributed by atoms with Crippen molar-refractivity contribution in [3.8, 4) is 0 Å². The predicted octanol–water partition coefficient (Wildman–Crippen LogP) is -0.0962. The molecule has 1 aromatic heterocycles. The Kier molecular flexibility index (Phi) is 3.16. The number of rotatable bonds is 3. The highest BCUT2D eigenvalue weighted by Crippen LogP contribution is 2.29. The van der Waals surface area contributed by atoms with E-state index in [0.717, 1.165) is 0 Å². The second kappa shape index (κ2) is 4.36. The number of carbonyl (C=O) groups is 1. The standard InChI is InChI=1S/C10H15N3O4S/c1-7-8(10(14)15)3-4-13(7)18(16,17)9-5-12(2)6-11-9/h5-8H,3-4H2,1-2H3,(H,14,15). The molecule has 0 aromatic carbocycles. The molecule has 8 heteroatoms. The Morgan fingerprint density at radius 3 is 2.67 bits per heavy atom. The van der Waals surface area contributed by atoms with Gasteiger partial charge in [0.25, 0.3) is 10.0 Å². The topological polar surface area (TPSA) is 92.5 Å². The molecule has 1 fully saturated rings. The van der Waals surface area contributed by atoms with E-state index in [1.54, 1.807) is 18.5 Å². The van der Waals surface area contributed by atoms with Crippen molar-refractivity contribution in [2.75, 3.05) is 6.54 Å². The van der Waals surface area contributed by atoms with E-state index in [4.69, 9.17) is 5.11 Å². The number of sulfonamides is 1. The molecule has 0 amide bonds. The van der Waals surface area contributed by atoms with Gasteiger partial charge in [0.05, 0.1) is 12.2 Å². The van der Waals surface area contributed by atoms with Gasteiger partial charge in [-0.2, -0.15) is 4.31 Å². The van der Waals surface area contributed by atoms with Crippen LogP contribution in [0.3, 0.4) is 0 Å². The molecular formula is C10H15N3O4S. The summed E-state index contributed by atoms with van der Waals surface area (Å²) in [6.07, 6.45) is 3.15. The van der Waals surface area contributed by atoms with Gasteiger partial charge in [-0.15, -0.1) is 0 Å². The largest absolute Gasteiger partial charge is 0.481 e. The third kappa shape index (κ3) is 2.01. The molecule has 1 aliphatic heterocycles. The van der Waals surface area contributed by atoms with E-state index in [9.17, 15) is 13.2 Å². The average Bonchev–Trinajstić information content (AvgIpc) is 2.84. The monoisotopic (exact) mass is 273 g/mol. The Morgan fingerprint density at radius 2 is 2.22 bits per heavy atom. The summed E-state index contributed by atoms with van der Waals surface area (Å²) < 4.78 is 27.3. The second-order valence-corrected chi connectivity index (χ2v) is 6.30. The number of carboxylic acids is 1. The number of aryl methyl sites for hydroxylation is 1. The lowest BCUT2D eigenvalue weighted by molar-refractivity contribution is -0.142. The molecule has 1 aliphatic rings. The molecule has 7 nitrogen and oxygen atoms in total. The van der Waals surface area contributed by atoms with Gasteiger partial charge >= 0.3 is 5.97 Å². The van der Waals surface area contributed by atoms with Crippen LogP contribution < -0.4 is 0 Å². The minimum Gasteiger partial charge on any atom is -0.481 e. The fourth-order valence-electron chi connectivity index (χ4n) is 2.22. The minimum absolute atomic E-state index is 0.0390. The fourth-order valence-corrected chi connectivity index (χ4v) is 3.87. The molecule has 2 atom stereocenters. The molecule has 2 unspecified atom stereocenters. The predicted molar refractivity (Wildman–Crippen MR) is 62.3 cm³/mol. The van der Waals surface area contributed by atoms with Gasteiger partial charge in [0.15, 0.2) is 5.03 Å². The highest BCUT2D eigenvalue weighted by molar-refractivity contribution is 7.89. The van der Waals surface area contributed by atoms with Gasteiger partial charge in [0.2, 0.25) is 0 Å². The van der Waals surface area contributed by atoms with Crippen molar-refractivity contribution in [2.24, 2.45) is 13.0 Å². The maximum atomic E-state index is 12.3. The van der Waals surface area contributed by atoms with Gasteiger partial charge in [-0.1, -0.05) is 0 Å². The van der Waals surface area contributed by atoms with Crippen molar-refractivity contribution in [2.45, 2.75) is 24.4 Å². The van der Waals surface area contributed by atoms with Gasteiger partial charge in [-0.05, 0) is 13.3 Å². The quantitative estimate of drug-likeness (QED) is 0.830. The SMILES string of the molecule is CC1C(C(=O)O)CCN1S(=O)(=O)c1cn(C)cn1. The lowest BCUT2D eigenvalue weighted by Gasteiger charge is -2.21. The first kappa shape index (κ1) is 13.0. The molecule has 0 spiro atoms. The Labute approximate surface area is 105 Å². The second-order valence-electron chi connectivity index (χ2n) is 4.47. The molecule has 1 saturated heterocycles. The van der Waals surface area contributed by atoms with E-state index in [1.807, 2.05) is 0 Å². The van der Waals surface area contributed by atoms with Crippen LogP contribution in [0, 0.1) is 5.92 Å². The smallest absolute Gasteiger partial charge is 0.308 e. The van der Waals surface area contributed by atoms with Crippen molar-refractivity contribution in [1.82, 2.24) is 13.9 Å². The molecule has 2 rings (SSSR count). The minimum atomic E-state index is -3.70. The number of aromatic nitrogens is 2. The highest BCUT2D eigenvalue weighted by atomic mass is 32.2. The van der Waals surface area contributed by atoms with Crippen LogP contribution in [0.2, 0.25) is 0 Å². The van der Waals surface area contributed by atoms with Crippen LogP contribution in [-0.2, 0) is 21.9 Å². The Morgan fingerprint density at radius 1 is 1.56 bits per heavy atom. The van der Waals surface area contributed by atoms with Crippen LogP contribution in [0.5, 0.6) is 0 Å². The molecule has 0 bridgehead atoms. The molecular weight excluding hydrogens is 258 g/mol. The third-order valence-electron chi connectivity index (χ3n) is 3.27. The Bertz CT molecular complexity index is 565. The van der Waals surface area contributed by atoms with E-state index in [-0.39, 0.29) is 11.6 Å². The first-order valence-corrected chi connectivity index (χ1v) is 7.00. The normalized spacial score (nSPS) is 25.4. The van der Waals surface area contributed by atoms with Crippen LogP contribution in [0.4, 0.5) is 0 Å². The van der Waals surface area contributed by atoms with Crippen LogP contribution in [0.15, 0.2) is 17.6 Å². The summed E-state index contributed by atoms with van der Waals surface area (Å²) in [5.41, 5.74) is 0. The summed E-state index contributed by atoms with van der Waals surface area (Å²) in [5.74, 6) is -1.61. The summed E-state index contributed by atoms with van der Waals surface area (Å²) in [5, 5.41) is 8.96. The number of nitrogens with zero attached hydrogens (tertiary/aromatic N) is 3. The molecule has 0 aliphatic carbocycles.